The second-order valence-corrected chi connectivity index (χ2v) is 9.49. The molecule has 0 bridgehead atoms. The van der Waals surface area contributed by atoms with Gasteiger partial charge < -0.3 is 10.2 Å². The molecule has 0 unspecified atom stereocenters. The van der Waals surface area contributed by atoms with Gasteiger partial charge in [-0.2, -0.15) is 10.1 Å². The zero-order valence-corrected chi connectivity index (χ0v) is 21.6. The summed E-state index contributed by atoms with van der Waals surface area (Å²) in [6.07, 6.45) is 7.77. The number of aryl methyl sites for hydroxylation is 1. The lowest BCUT2D eigenvalue weighted by atomic mass is 10.1. The van der Waals surface area contributed by atoms with E-state index in [1.54, 1.807) is 6.20 Å². The number of benzene rings is 2. The third kappa shape index (κ3) is 6.23. The average molecular weight is 516 g/mol. The minimum absolute atomic E-state index is 0.544. The van der Waals surface area contributed by atoms with E-state index in [1.165, 1.54) is 17.7 Å². The van der Waals surface area contributed by atoms with Crippen molar-refractivity contribution in [3.05, 3.63) is 101 Å². The number of hydrogen-bond acceptors (Lipinski definition) is 6. The molecule has 0 atom stereocenters. The Hall–Kier alpha value is -4.11. The fraction of sp³-hybridized carbons (Fsp3) is 0.276. The van der Waals surface area contributed by atoms with Gasteiger partial charge in [0.25, 0.3) is 0 Å². The monoisotopic (exact) mass is 515 g/mol. The Morgan fingerprint density at radius 2 is 1.68 bits per heavy atom. The number of hydrogen-bond donors (Lipinski definition) is 1. The molecule has 0 radical (unpaired) electrons. The van der Waals surface area contributed by atoms with Crippen LogP contribution in [-0.2, 0) is 6.54 Å². The summed E-state index contributed by atoms with van der Waals surface area (Å²) in [6, 6.07) is 13.9. The van der Waals surface area contributed by atoms with Crippen LogP contribution in [0.4, 0.5) is 20.4 Å². The summed E-state index contributed by atoms with van der Waals surface area (Å²) >= 11 is 0. The van der Waals surface area contributed by atoms with Gasteiger partial charge in [-0.05, 0) is 31.5 Å². The first-order valence-electron chi connectivity index (χ1n) is 12.7. The Kier molecular flexibility index (Phi) is 7.74. The Morgan fingerprint density at radius 1 is 0.947 bits per heavy atom. The van der Waals surface area contributed by atoms with Crippen molar-refractivity contribution < 1.29 is 8.78 Å². The highest BCUT2D eigenvalue weighted by Crippen LogP contribution is 2.20. The molecule has 2 aromatic heterocycles. The smallest absolute Gasteiger partial charge is 0.224 e. The highest BCUT2D eigenvalue weighted by Gasteiger charge is 2.17. The van der Waals surface area contributed by atoms with Crippen LogP contribution >= 0.6 is 0 Å². The number of anilines is 2. The van der Waals surface area contributed by atoms with Gasteiger partial charge in [0.15, 0.2) is 5.82 Å². The normalized spacial score (nSPS) is 14.4. The highest BCUT2D eigenvalue weighted by atomic mass is 19.1. The molecule has 1 saturated heterocycles. The topological polar surface area (TPSA) is 62.1 Å². The minimum atomic E-state index is -0.544. The van der Waals surface area contributed by atoms with Gasteiger partial charge in [0.1, 0.15) is 11.6 Å². The van der Waals surface area contributed by atoms with E-state index in [2.05, 4.69) is 68.6 Å². The maximum absolute atomic E-state index is 13.6. The molecule has 3 heterocycles. The molecule has 196 valence electrons. The second kappa shape index (κ2) is 11.5. The van der Waals surface area contributed by atoms with Crippen molar-refractivity contribution in [3.63, 3.8) is 0 Å². The van der Waals surface area contributed by atoms with Crippen LogP contribution < -0.4 is 10.2 Å². The molecule has 1 fully saturated rings. The van der Waals surface area contributed by atoms with Crippen LogP contribution in [0.5, 0.6) is 0 Å². The molecular formula is C29H31F2N7. The van der Waals surface area contributed by atoms with Crippen molar-refractivity contribution in [1.29, 1.82) is 0 Å². The van der Waals surface area contributed by atoms with E-state index in [4.69, 9.17) is 0 Å². The van der Waals surface area contributed by atoms with Crippen molar-refractivity contribution in [3.8, 4) is 5.82 Å². The molecule has 0 saturated carbocycles. The number of nitrogens with zero attached hydrogens (tertiary/aromatic N) is 6. The highest BCUT2D eigenvalue weighted by molar-refractivity contribution is 5.52. The lowest BCUT2D eigenvalue weighted by Crippen LogP contribution is -2.46. The van der Waals surface area contributed by atoms with E-state index >= 15 is 0 Å². The minimum Gasteiger partial charge on any atom is -0.369 e. The Bertz CT molecular complexity index is 1390. The summed E-state index contributed by atoms with van der Waals surface area (Å²) in [5.41, 5.74) is 5.00. The van der Waals surface area contributed by atoms with Crippen molar-refractivity contribution in [2.45, 2.75) is 20.4 Å². The van der Waals surface area contributed by atoms with E-state index in [9.17, 15) is 8.78 Å². The molecule has 1 N–H and O–H groups in total. The van der Waals surface area contributed by atoms with Gasteiger partial charge >= 0.3 is 0 Å². The molecular weight excluding hydrogens is 484 g/mol. The zero-order chi connectivity index (χ0) is 26.5. The lowest BCUT2D eigenvalue weighted by molar-refractivity contribution is 0.284. The standard InChI is InChI=1S/C29H31F2N7/c1-21-5-7-23(8-6-21)19-33-29-32-10-9-28(35-29)38-22(2)24(20-34-38)4-3-11-36-12-14-37(15-13-36)27-17-25(30)16-26(31)18-27/h3-10,16-18,20H,11-15,19H2,1-2H3,(H,32,33,35)/b4-3+. The van der Waals surface area contributed by atoms with Crippen molar-refractivity contribution >= 4 is 17.7 Å². The summed E-state index contributed by atoms with van der Waals surface area (Å²) in [4.78, 5) is 13.3. The number of halogens is 2. The van der Waals surface area contributed by atoms with E-state index in [1.807, 2.05) is 28.8 Å². The SMILES string of the molecule is Cc1ccc(CNc2nccc(-n3ncc(/C=C/CN4CCN(c5cc(F)cc(F)c5)CC4)c3C)n2)cc1. The van der Waals surface area contributed by atoms with Gasteiger partial charge in [-0.1, -0.05) is 42.0 Å². The van der Waals surface area contributed by atoms with E-state index < -0.39 is 11.6 Å². The predicted octanol–water partition coefficient (Wildman–Crippen LogP) is 5.00. The van der Waals surface area contributed by atoms with Gasteiger partial charge in [-0.15, -0.1) is 0 Å². The van der Waals surface area contributed by atoms with E-state index in [0.29, 0.717) is 24.0 Å². The fourth-order valence-electron chi connectivity index (χ4n) is 4.50. The first kappa shape index (κ1) is 25.5. The van der Waals surface area contributed by atoms with Gasteiger partial charge in [0, 0.05) is 68.8 Å². The van der Waals surface area contributed by atoms with Crippen LogP contribution in [0.15, 0.2) is 67.0 Å². The van der Waals surface area contributed by atoms with Crippen LogP contribution in [-0.4, -0.2) is 57.4 Å². The average Bonchev–Trinajstić information content (AvgIpc) is 3.28. The van der Waals surface area contributed by atoms with Gasteiger partial charge in [-0.25, -0.2) is 18.4 Å². The molecule has 2 aromatic carbocycles. The van der Waals surface area contributed by atoms with Crippen molar-refractivity contribution in [1.82, 2.24) is 24.6 Å². The molecule has 0 amide bonds. The maximum atomic E-state index is 13.6. The summed E-state index contributed by atoms with van der Waals surface area (Å²) in [6.45, 7) is 8.61. The van der Waals surface area contributed by atoms with Gasteiger partial charge in [0.05, 0.1) is 11.9 Å². The molecule has 1 aliphatic heterocycles. The third-order valence-electron chi connectivity index (χ3n) is 6.72. The molecule has 5 rings (SSSR count). The van der Waals surface area contributed by atoms with Crippen LogP contribution in [0.1, 0.15) is 22.4 Å². The quantitative estimate of drug-likeness (QED) is 0.356. The molecule has 1 aliphatic rings. The number of nitrogens with one attached hydrogen (secondary N) is 1. The van der Waals surface area contributed by atoms with Crippen LogP contribution in [0.2, 0.25) is 0 Å². The molecule has 0 aliphatic carbocycles. The van der Waals surface area contributed by atoms with Crippen molar-refractivity contribution in [2.24, 2.45) is 0 Å². The van der Waals surface area contributed by atoms with Gasteiger partial charge in [-0.3, -0.25) is 4.90 Å². The van der Waals surface area contributed by atoms with Crippen LogP contribution in [0.25, 0.3) is 11.9 Å². The number of aromatic nitrogens is 4. The maximum Gasteiger partial charge on any atom is 0.224 e. The van der Waals surface area contributed by atoms with Crippen LogP contribution in [0, 0.1) is 25.5 Å². The molecule has 0 spiro atoms. The fourth-order valence-corrected chi connectivity index (χ4v) is 4.50. The summed E-state index contributed by atoms with van der Waals surface area (Å²) in [5, 5.41) is 7.83. The molecule has 4 aromatic rings. The largest absolute Gasteiger partial charge is 0.369 e. The zero-order valence-electron chi connectivity index (χ0n) is 21.6. The summed E-state index contributed by atoms with van der Waals surface area (Å²) in [7, 11) is 0. The van der Waals surface area contributed by atoms with Crippen molar-refractivity contribution in [2.75, 3.05) is 42.9 Å². The number of piperazine rings is 1. The Labute approximate surface area is 221 Å². The lowest BCUT2D eigenvalue weighted by Gasteiger charge is -2.35. The first-order chi connectivity index (χ1) is 18.4. The van der Waals surface area contributed by atoms with Crippen LogP contribution in [0.3, 0.4) is 0 Å². The summed E-state index contributed by atoms with van der Waals surface area (Å²) in [5.74, 6) is 0.166. The van der Waals surface area contributed by atoms with E-state index in [-0.39, 0.29) is 0 Å². The molecule has 7 nitrogen and oxygen atoms in total. The second-order valence-electron chi connectivity index (χ2n) is 9.49. The summed E-state index contributed by atoms with van der Waals surface area (Å²) < 4.78 is 28.9. The number of rotatable bonds is 8. The first-order valence-corrected chi connectivity index (χ1v) is 12.7. The Balaban J connectivity index is 1.16. The van der Waals surface area contributed by atoms with E-state index in [0.717, 1.165) is 55.6 Å². The Morgan fingerprint density at radius 3 is 2.42 bits per heavy atom. The third-order valence-corrected chi connectivity index (χ3v) is 6.72. The molecule has 38 heavy (non-hydrogen) atoms. The molecule has 9 heteroatoms. The predicted molar refractivity (Wildman–Crippen MR) is 146 cm³/mol. The van der Waals surface area contributed by atoms with Gasteiger partial charge in [0.2, 0.25) is 5.95 Å².